The third kappa shape index (κ3) is 4.96. The standard InChI is InChI=1S/C11H16N4O5/c1-2-15-6-7(5-12-15)13-11(20)14-8(10(18)19)3-4-9(16)17/h5-6,8H,2-4H2,1H3,(H,16,17)(H,18,19)(H2,13,14,20)/t8-/m0/s1. The summed E-state index contributed by atoms with van der Waals surface area (Å²) in [6, 6.07) is -1.98. The molecule has 0 aromatic carbocycles. The zero-order valence-electron chi connectivity index (χ0n) is 10.9. The maximum atomic E-state index is 11.6. The van der Waals surface area contributed by atoms with Crippen LogP contribution in [0.3, 0.4) is 0 Å². The van der Waals surface area contributed by atoms with Crippen molar-refractivity contribution in [3.05, 3.63) is 12.4 Å². The summed E-state index contributed by atoms with van der Waals surface area (Å²) in [5.74, 6) is -2.41. The van der Waals surface area contributed by atoms with Gasteiger partial charge < -0.3 is 20.8 Å². The van der Waals surface area contributed by atoms with Crippen LogP contribution in [-0.4, -0.2) is 44.0 Å². The molecule has 0 fully saturated rings. The number of aryl methyl sites for hydroxylation is 1. The van der Waals surface area contributed by atoms with Gasteiger partial charge in [0, 0.05) is 19.2 Å². The molecule has 20 heavy (non-hydrogen) atoms. The van der Waals surface area contributed by atoms with Gasteiger partial charge in [-0.2, -0.15) is 5.10 Å². The minimum absolute atomic E-state index is 0.188. The molecule has 1 aromatic rings. The Morgan fingerprint density at radius 2 is 2.10 bits per heavy atom. The van der Waals surface area contributed by atoms with Crippen molar-refractivity contribution >= 4 is 23.7 Å². The number of carboxylic acids is 2. The minimum atomic E-state index is -1.29. The monoisotopic (exact) mass is 284 g/mol. The summed E-state index contributed by atoms with van der Waals surface area (Å²) < 4.78 is 1.59. The molecular weight excluding hydrogens is 268 g/mol. The first-order valence-electron chi connectivity index (χ1n) is 5.97. The number of hydrogen-bond donors (Lipinski definition) is 4. The van der Waals surface area contributed by atoms with Gasteiger partial charge in [-0.25, -0.2) is 9.59 Å². The van der Waals surface area contributed by atoms with E-state index in [9.17, 15) is 14.4 Å². The smallest absolute Gasteiger partial charge is 0.326 e. The average molecular weight is 284 g/mol. The van der Waals surface area contributed by atoms with Crippen molar-refractivity contribution in [3.8, 4) is 0 Å². The molecular formula is C11H16N4O5. The van der Waals surface area contributed by atoms with Crippen LogP contribution in [0, 0.1) is 0 Å². The number of urea groups is 1. The number of aliphatic carboxylic acids is 2. The molecule has 1 heterocycles. The molecule has 1 aromatic heterocycles. The van der Waals surface area contributed by atoms with Crippen molar-refractivity contribution in [3.63, 3.8) is 0 Å². The van der Waals surface area contributed by atoms with Crippen molar-refractivity contribution in [2.45, 2.75) is 32.4 Å². The van der Waals surface area contributed by atoms with Crippen molar-refractivity contribution in [2.75, 3.05) is 5.32 Å². The van der Waals surface area contributed by atoms with Crippen molar-refractivity contribution in [1.29, 1.82) is 0 Å². The van der Waals surface area contributed by atoms with E-state index < -0.39 is 24.0 Å². The number of amides is 2. The van der Waals surface area contributed by atoms with E-state index in [1.807, 2.05) is 6.92 Å². The van der Waals surface area contributed by atoms with Crippen LogP contribution in [0.5, 0.6) is 0 Å². The van der Waals surface area contributed by atoms with E-state index in [0.717, 1.165) is 0 Å². The van der Waals surface area contributed by atoms with Gasteiger partial charge in [0.15, 0.2) is 0 Å². The summed E-state index contributed by atoms with van der Waals surface area (Å²) in [4.78, 5) is 32.9. The molecule has 1 rings (SSSR count). The van der Waals surface area contributed by atoms with Gasteiger partial charge in [-0.1, -0.05) is 0 Å². The van der Waals surface area contributed by atoms with Gasteiger partial charge in [-0.15, -0.1) is 0 Å². The average Bonchev–Trinajstić information content (AvgIpc) is 2.81. The zero-order chi connectivity index (χ0) is 15.1. The molecule has 0 bridgehead atoms. The van der Waals surface area contributed by atoms with Crippen LogP contribution >= 0.6 is 0 Å². The quantitative estimate of drug-likeness (QED) is 0.570. The SMILES string of the molecule is CCn1cc(NC(=O)N[C@@H](CCC(=O)O)C(=O)O)cn1. The molecule has 110 valence electrons. The molecule has 0 saturated heterocycles. The van der Waals surface area contributed by atoms with Gasteiger partial charge in [-0.3, -0.25) is 9.48 Å². The fourth-order valence-electron chi connectivity index (χ4n) is 1.45. The summed E-state index contributed by atoms with van der Waals surface area (Å²) in [5, 5.41) is 26.0. The van der Waals surface area contributed by atoms with Crippen LogP contribution in [0.1, 0.15) is 19.8 Å². The van der Waals surface area contributed by atoms with E-state index in [1.165, 1.54) is 6.20 Å². The van der Waals surface area contributed by atoms with Crippen LogP contribution in [0.25, 0.3) is 0 Å². The summed E-state index contributed by atoms with van der Waals surface area (Å²) in [7, 11) is 0. The Kier molecular flexibility index (Phi) is 5.51. The van der Waals surface area contributed by atoms with Crippen LogP contribution in [0.4, 0.5) is 10.5 Å². The number of carboxylic acid groups (broad SMARTS) is 2. The Bertz CT molecular complexity index is 499. The molecule has 0 spiro atoms. The van der Waals surface area contributed by atoms with Gasteiger partial charge >= 0.3 is 18.0 Å². The largest absolute Gasteiger partial charge is 0.481 e. The number of carbonyl (C=O) groups excluding carboxylic acids is 1. The summed E-state index contributed by atoms with van der Waals surface area (Å²) >= 11 is 0. The number of nitrogens with one attached hydrogen (secondary N) is 2. The normalized spacial score (nSPS) is 11.7. The minimum Gasteiger partial charge on any atom is -0.481 e. The summed E-state index contributed by atoms with van der Waals surface area (Å²) in [6.45, 7) is 2.52. The molecule has 4 N–H and O–H groups in total. The van der Waals surface area contributed by atoms with Crippen LogP contribution in [0.2, 0.25) is 0 Å². The first-order chi connectivity index (χ1) is 9.42. The molecule has 0 aliphatic heterocycles. The highest BCUT2D eigenvalue weighted by atomic mass is 16.4. The molecule has 0 unspecified atom stereocenters. The fraction of sp³-hybridized carbons (Fsp3) is 0.455. The molecule has 0 aliphatic carbocycles. The van der Waals surface area contributed by atoms with Gasteiger partial charge in [0.05, 0.1) is 11.9 Å². The lowest BCUT2D eigenvalue weighted by Crippen LogP contribution is -2.43. The maximum absolute atomic E-state index is 11.6. The second-order valence-electron chi connectivity index (χ2n) is 4.01. The number of anilines is 1. The third-order valence-electron chi connectivity index (χ3n) is 2.47. The molecule has 0 saturated carbocycles. The van der Waals surface area contributed by atoms with E-state index in [2.05, 4.69) is 15.7 Å². The van der Waals surface area contributed by atoms with Gasteiger partial charge in [0.2, 0.25) is 0 Å². The summed E-state index contributed by atoms with van der Waals surface area (Å²) in [5.41, 5.74) is 0.423. The molecule has 0 aliphatic rings. The number of nitrogens with zero attached hydrogens (tertiary/aromatic N) is 2. The van der Waals surface area contributed by atoms with E-state index in [-0.39, 0.29) is 12.8 Å². The first kappa shape index (κ1) is 15.5. The highest BCUT2D eigenvalue weighted by Gasteiger charge is 2.21. The topological polar surface area (TPSA) is 134 Å². The lowest BCUT2D eigenvalue weighted by atomic mass is 10.1. The highest BCUT2D eigenvalue weighted by molar-refractivity contribution is 5.92. The number of carbonyl (C=O) groups is 3. The zero-order valence-corrected chi connectivity index (χ0v) is 10.9. The third-order valence-corrected chi connectivity index (χ3v) is 2.47. The lowest BCUT2D eigenvalue weighted by molar-refractivity contribution is -0.140. The van der Waals surface area contributed by atoms with Gasteiger partial charge in [0.25, 0.3) is 0 Å². The summed E-state index contributed by atoms with van der Waals surface area (Å²) in [6.07, 6.45) is 2.49. The molecule has 9 nitrogen and oxygen atoms in total. The second-order valence-corrected chi connectivity index (χ2v) is 4.01. The van der Waals surface area contributed by atoms with Gasteiger partial charge in [0.1, 0.15) is 6.04 Å². The van der Waals surface area contributed by atoms with Crippen LogP contribution in [-0.2, 0) is 16.1 Å². The van der Waals surface area contributed by atoms with E-state index in [4.69, 9.17) is 10.2 Å². The van der Waals surface area contributed by atoms with Crippen molar-refractivity contribution in [2.24, 2.45) is 0 Å². The van der Waals surface area contributed by atoms with Crippen molar-refractivity contribution in [1.82, 2.24) is 15.1 Å². The predicted molar refractivity (Wildman–Crippen MR) is 68.3 cm³/mol. The fourth-order valence-corrected chi connectivity index (χ4v) is 1.45. The Morgan fingerprint density at radius 3 is 2.60 bits per heavy atom. The number of rotatable bonds is 7. The van der Waals surface area contributed by atoms with E-state index in [1.54, 1.807) is 10.9 Å². The first-order valence-corrected chi connectivity index (χ1v) is 5.97. The van der Waals surface area contributed by atoms with E-state index >= 15 is 0 Å². The van der Waals surface area contributed by atoms with Crippen molar-refractivity contribution < 1.29 is 24.6 Å². The Balaban J connectivity index is 2.52. The van der Waals surface area contributed by atoms with E-state index in [0.29, 0.717) is 12.2 Å². The van der Waals surface area contributed by atoms with Crippen LogP contribution in [0.15, 0.2) is 12.4 Å². The highest BCUT2D eigenvalue weighted by Crippen LogP contribution is 2.05. The molecule has 2 amide bonds. The van der Waals surface area contributed by atoms with Gasteiger partial charge in [-0.05, 0) is 13.3 Å². The number of hydrogen-bond acceptors (Lipinski definition) is 4. The second kappa shape index (κ2) is 7.12. The molecule has 9 heteroatoms. The Hall–Kier alpha value is -2.58. The maximum Gasteiger partial charge on any atom is 0.326 e. The Labute approximate surface area is 114 Å². The van der Waals surface area contributed by atoms with Crippen LogP contribution < -0.4 is 10.6 Å². The molecule has 1 atom stereocenters. The Morgan fingerprint density at radius 1 is 1.40 bits per heavy atom. The predicted octanol–water partition coefficient (Wildman–Crippen LogP) is 0.342. The lowest BCUT2D eigenvalue weighted by Gasteiger charge is -2.13. The molecule has 0 radical (unpaired) electrons. The number of aromatic nitrogens is 2.